The van der Waals surface area contributed by atoms with Crippen LogP contribution in [0.4, 0.5) is 0 Å². The smallest absolute Gasteiger partial charge is 0.341 e. The molecule has 0 saturated heterocycles. The molecule has 0 atom stereocenters. The van der Waals surface area contributed by atoms with Gasteiger partial charge in [-0.05, 0) is 136 Å². The summed E-state index contributed by atoms with van der Waals surface area (Å²) in [6.07, 6.45) is 3.59. The van der Waals surface area contributed by atoms with Gasteiger partial charge in [0.15, 0.2) is 26.4 Å². The zero-order chi connectivity index (χ0) is 60.5. The van der Waals surface area contributed by atoms with E-state index in [0.29, 0.717) is 67.5 Å². The van der Waals surface area contributed by atoms with Crippen LogP contribution in [-0.4, -0.2) is 70.7 Å². The lowest BCUT2D eigenvalue weighted by Crippen LogP contribution is -2.26. The Kier molecular flexibility index (Phi) is 19.3. The number of aliphatic carboxylic acids is 4. The van der Waals surface area contributed by atoms with Gasteiger partial charge in [0.2, 0.25) is 0 Å². The molecule has 0 aromatic heterocycles. The maximum atomic E-state index is 12.7. The lowest BCUT2D eigenvalue weighted by atomic mass is 9.70. The predicted molar refractivity (Wildman–Crippen MR) is 318 cm³/mol. The maximum absolute atomic E-state index is 12.7. The Bertz CT molecular complexity index is 2450. The van der Waals surface area contributed by atoms with Gasteiger partial charge in [0.05, 0.1) is 0 Å². The molecule has 0 fully saturated rings. The van der Waals surface area contributed by atoms with Gasteiger partial charge in [0, 0.05) is 25.7 Å². The lowest BCUT2D eigenvalue weighted by Gasteiger charge is -2.35. The predicted octanol–water partition coefficient (Wildman–Crippen LogP) is 15.1. The Morgan fingerprint density at radius 3 is 0.550 bits per heavy atom. The number of ether oxygens (including phenoxy) is 4. The van der Waals surface area contributed by atoms with Crippen LogP contribution in [0.2, 0.25) is 0 Å². The van der Waals surface area contributed by atoms with Crippen molar-refractivity contribution in [2.45, 2.75) is 212 Å². The van der Waals surface area contributed by atoms with Crippen LogP contribution in [-0.2, 0) is 66.5 Å². The monoisotopic (exact) mass is 1100 g/mol. The molecule has 1 aliphatic rings. The first-order chi connectivity index (χ1) is 36.3. The lowest BCUT2D eigenvalue weighted by molar-refractivity contribution is -0.140. The minimum absolute atomic E-state index is 0.111. The SMILES string of the molecule is CC(C)(C)CC(C)(C)c1cc2c(OCC(=O)O)c(c1)Cc1cc(C(C)(C)CC(C)(C)C)cc(c1OCC(=O)O)Cc1cc(C(C)(C)CC(C)(C)C)cc(c1OCC(=O)O)Cc1cc(C(C)(C)CC(C)(C)C)cc(c1OCC(=O)O)C2. The standard InChI is InChI=1S/C68H96O12/c1-61(2,3)37-65(13,14)49-25-41-21-43-27-50(66(15,16)38-62(4,5)6)29-45(58(43)78-34-54(71)72)23-47-31-52(68(19,20)40-64(10,11)12)32-48(60(47)80-36-56(75)76)24-46-30-51(67(17,18)39-63(7,8)9)28-44(59(46)79-35-55(73)74)22-42(26-49)57(41)77-33-53(69)70/h25-32H,21-24,33-40H2,1-20H3,(H,69,70)(H,71,72)(H,73,74)(H,75,76). The third-order valence-electron chi connectivity index (χ3n) is 14.9. The van der Waals surface area contributed by atoms with Crippen molar-refractivity contribution in [1.82, 2.24) is 0 Å². The first-order valence-electron chi connectivity index (χ1n) is 28.4. The van der Waals surface area contributed by atoms with Crippen molar-refractivity contribution in [3.8, 4) is 23.0 Å². The minimum Gasteiger partial charge on any atom is -0.481 e. The average Bonchev–Trinajstić information content (AvgIpc) is 3.23. The van der Waals surface area contributed by atoms with Gasteiger partial charge in [-0.3, -0.25) is 0 Å². The molecule has 5 rings (SSSR count). The fourth-order valence-electron chi connectivity index (χ4n) is 13.4. The molecule has 12 heteroatoms. The van der Waals surface area contributed by atoms with E-state index in [0.717, 1.165) is 47.9 Å². The summed E-state index contributed by atoms with van der Waals surface area (Å²) in [6, 6.07) is 16.7. The second-order valence-electron chi connectivity index (χ2n) is 30.4. The van der Waals surface area contributed by atoms with Gasteiger partial charge in [-0.25, -0.2) is 19.2 Å². The number of carboxylic acid groups (broad SMARTS) is 4. The number of benzene rings is 4. The maximum Gasteiger partial charge on any atom is 0.341 e. The third-order valence-corrected chi connectivity index (χ3v) is 14.9. The van der Waals surface area contributed by atoms with Crippen molar-refractivity contribution in [3.63, 3.8) is 0 Å². The molecule has 0 spiro atoms. The number of carbonyl (C=O) groups is 4. The van der Waals surface area contributed by atoms with Gasteiger partial charge >= 0.3 is 23.9 Å². The second kappa shape index (κ2) is 23.8. The molecule has 12 nitrogen and oxygen atoms in total. The molecule has 0 saturated carbocycles. The molecule has 0 aliphatic heterocycles. The second-order valence-corrected chi connectivity index (χ2v) is 30.4. The van der Waals surface area contributed by atoms with Crippen molar-refractivity contribution in [2.75, 3.05) is 26.4 Å². The zero-order valence-corrected chi connectivity index (χ0v) is 52.2. The van der Waals surface area contributed by atoms with E-state index in [2.05, 4.69) is 187 Å². The normalized spacial score (nSPS) is 13.8. The molecule has 1 aliphatic carbocycles. The van der Waals surface area contributed by atoms with E-state index in [1.165, 1.54) is 0 Å². The van der Waals surface area contributed by atoms with Crippen LogP contribution >= 0.6 is 0 Å². The molecule has 0 radical (unpaired) electrons. The van der Waals surface area contributed by atoms with E-state index < -0.39 is 72.0 Å². The van der Waals surface area contributed by atoms with Crippen molar-refractivity contribution in [3.05, 3.63) is 115 Å². The number of hydrogen-bond acceptors (Lipinski definition) is 8. The molecule has 0 amide bonds. The van der Waals surface area contributed by atoms with E-state index in [9.17, 15) is 39.6 Å². The number of fused-ring (bicyclic) bond motifs is 8. The van der Waals surface area contributed by atoms with E-state index in [1.54, 1.807) is 0 Å². The van der Waals surface area contributed by atoms with Crippen LogP contribution in [0.1, 0.15) is 231 Å². The highest BCUT2D eigenvalue weighted by Gasteiger charge is 2.36. The molecule has 4 aromatic rings. The summed E-state index contributed by atoms with van der Waals surface area (Å²) in [4.78, 5) is 50.7. The van der Waals surface area contributed by atoms with E-state index in [1.807, 2.05) is 0 Å². The summed E-state index contributed by atoms with van der Waals surface area (Å²) >= 11 is 0. The number of rotatable bonds is 20. The minimum atomic E-state index is -1.18. The molecule has 0 heterocycles. The number of carboxylic acids is 4. The average molecular weight is 1110 g/mol. The van der Waals surface area contributed by atoms with Crippen LogP contribution in [0, 0.1) is 21.7 Å². The Labute approximate surface area is 478 Å². The van der Waals surface area contributed by atoms with Crippen molar-refractivity contribution in [1.29, 1.82) is 0 Å². The molecular formula is C68H96O12. The van der Waals surface area contributed by atoms with E-state index in [-0.39, 0.29) is 47.3 Å². The van der Waals surface area contributed by atoms with Crippen molar-refractivity contribution in [2.24, 2.45) is 21.7 Å². The third kappa shape index (κ3) is 18.0. The highest BCUT2D eigenvalue weighted by molar-refractivity contribution is 5.71. The largest absolute Gasteiger partial charge is 0.481 e. The molecular weight excluding hydrogens is 1010 g/mol. The quantitative estimate of drug-likeness (QED) is 0.0579. The Balaban J connectivity index is 2.17. The summed E-state index contributed by atoms with van der Waals surface area (Å²) in [5.74, 6) is -3.35. The number of hydrogen-bond donors (Lipinski definition) is 4. The highest BCUT2D eigenvalue weighted by atomic mass is 16.5. The van der Waals surface area contributed by atoms with Gasteiger partial charge in [0.1, 0.15) is 23.0 Å². The molecule has 0 unspecified atom stereocenters. The summed E-state index contributed by atoms with van der Waals surface area (Å²) < 4.78 is 26.1. The zero-order valence-electron chi connectivity index (χ0n) is 52.2. The summed E-state index contributed by atoms with van der Waals surface area (Å²) in [6.45, 7) is 41.3. The summed E-state index contributed by atoms with van der Waals surface area (Å²) in [5.41, 5.74) is 6.87. The van der Waals surface area contributed by atoms with Crippen molar-refractivity contribution < 1.29 is 58.6 Å². The summed E-state index contributed by atoms with van der Waals surface area (Å²) in [7, 11) is 0. The first-order valence-corrected chi connectivity index (χ1v) is 28.4. The summed E-state index contributed by atoms with van der Waals surface area (Å²) in [5, 5.41) is 41.4. The van der Waals surface area contributed by atoms with Gasteiger partial charge in [-0.1, -0.05) is 187 Å². The Hall–Kier alpha value is -6.04. The van der Waals surface area contributed by atoms with Crippen LogP contribution in [0.25, 0.3) is 0 Å². The topological polar surface area (TPSA) is 186 Å². The molecule has 8 bridgehead atoms. The van der Waals surface area contributed by atoms with Crippen LogP contribution in [0.15, 0.2) is 48.5 Å². The Morgan fingerprint density at radius 2 is 0.438 bits per heavy atom. The van der Waals surface area contributed by atoms with Crippen LogP contribution < -0.4 is 18.9 Å². The highest BCUT2D eigenvalue weighted by Crippen LogP contribution is 2.48. The molecule has 80 heavy (non-hydrogen) atoms. The van der Waals surface area contributed by atoms with Gasteiger partial charge < -0.3 is 39.4 Å². The Morgan fingerprint density at radius 1 is 0.300 bits per heavy atom. The van der Waals surface area contributed by atoms with Gasteiger partial charge in [0.25, 0.3) is 0 Å². The van der Waals surface area contributed by atoms with E-state index >= 15 is 0 Å². The van der Waals surface area contributed by atoms with E-state index in [4.69, 9.17) is 18.9 Å². The van der Waals surface area contributed by atoms with Crippen molar-refractivity contribution >= 4 is 23.9 Å². The molecule has 4 N–H and O–H groups in total. The first kappa shape index (κ1) is 64.8. The fourth-order valence-corrected chi connectivity index (χ4v) is 13.4. The van der Waals surface area contributed by atoms with Crippen LogP contribution in [0.5, 0.6) is 23.0 Å². The fraction of sp³-hybridized carbons (Fsp3) is 0.588. The molecule has 440 valence electrons. The van der Waals surface area contributed by atoms with Gasteiger partial charge in [-0.15, -0.1) is 0 Å². The van der Waals surface area contributed by atoms with Gasteiger partial charge in [-0.2, -0.15) is 0 Å². The van der Waals surface area contributed by atoms with Crippen LogP contribution in [0.3, 0.4) is 0 Å². The molecule has 4 aromatic carbocycles.